The summed E-state index contributed by atoms with van der Waals surface area (Å²) in [5, 5.41) is 7.98. The molecule has 0 fully saturated rings. The fourth-order valence-corrected chi connectivity index (χ4v) is 0. The van der Waals surface area contributed by atoms with Gasteiger partial charge in [0.05, 0.1) is 7.48 Å². The molecule has 0 saturated heterocycles. The van der Waals surface area contributed by atoms with Crippen LogP contribution in [-0.2, 0) is 32.7 Å². The first-order valence-corrected chi connectivity index (χ1v) is 1.55. The van der Waals surface area contributed by atoms with Gasteiger partial charge in [-0.2, -0.15) is 13.8 Å². The topological polar surface area (TPSA) is 20.2 Å². The molecule has 0 rings (SSSR count). The Bertz CT molecular complexity index is 24.8. The molecule has 0 aliphatic heterocycles. The fraction of sp³-hybridized carbons (Fsp3) is 0.667. The van der Waals surface area contributed by atoms with Gasteiger partial charge >= 0.3 is 0 Å². The SMILES string of the molecule is C[C-](C)[B]O.[Y]. The standard InChI is InChI=1S/C3H7BO.Y/c1-3(2)4-5;/h5H,1-2H3;/q-1;. The van der Waals surface area contributed by atoms with Crippen molar-refractivity contribution in [2.24, 2.45) is 0 Å². The van der Waals surface area contributed by atoms with E-state index in [0.29, 0.717) is 0 Å². The van der Waals surface area contributed by atoms with Gasteiger partial charge in [0.15, 0.2) is 0 Å². The van der Waals surface area contributed by atoms with Gasteiger partial charge in [0.1, 0.15) is 0 Å². The molecule has 0 aliphatic carbocycles. The quantitative estimate of drug-likeness (QED) is 0.426. The summed E-state index contributed by atoms with van der Waals surface area (Å²) in [5.41, 5.74) is 0. The van der Waals surface area contributed by atoms with E-state index in [0.717, 1.165) is 13.3 Å². The fourth-order valence-electron chi connectivity index (χ4n) is 0. The smallest absolute Gasteiger partial charge is 0.0928 e. The van der Waals surface area contributed by atoms with Crippen LogP contribution in [0.5, 0.6) is 0 Å². The van der Waals surface area contributed by atoms with Gasteiger partial charge in [0, 0.05) is 32.7 Å². The van der Waals surface area contributed by atoms with Crippen LogP contribution in [0.15, 0.2) is 0 Å². The molecule has 0 aromatic rings. The van der Waals surface area contributed by atoms with Crippen LogP contribution >= 0.6 is 0 Å². The number of hydrogen-bond acceptors (Lipinski definition) is 1. The van der Waals surface area contributed by atoms with E-state index in [1.165, 1.54) is 0 Å². The van der Waals surface area contributed by atoms with Gasteiger partial charge in [-0.1, -0.05) is 0 Å². The molecule has 1 N–H and O–H groups in total. The molecule has 0 atom stereocenters. The first-order chi connectivity index (χ1) is 2.27. The monoisotopic (exact) mass is 159 g/mol. The van der Waals surface area contributed by atoms with E-state index in [1.54, 1.807) is 0 Å². The molecule has 32 valence electrons. The second kappa shape index (κ2) is 6.13. The third-order valence-electron chi connectivity index (χ3n) is 0.258. The summed E-state index contributed by atoms with van der Waals surface area (Å²) >= 11 is 0. The van der Waals surface area contributed by atoms with E-state index in [1.807, 2.05) is 13.8 Å². The summed E-state index contributed by atoms with van der Waals surface area (Å²) in [6, 6.07) is 0. The van der Waals surface area contributed by atoms with Crippen molar-refractivity contribution in [1.29, 1.82) is 0 Å². The van der Waals surface area contributed by atoms with Crippen LogP contribution in [0.1, 0.15) is 13.8 Å². The molecule has 0 saturated carbocycles. The van der Waals surface area contributed by atoms with Gasteiger partial charge in [-0.25, -0.2) is 0 Å². The van der Waals surface area contributed by atoms with Crippen molar-refractivity contribution >= 4 is 7.48 Å². The number of hydrogen-bond donors (Lipinski definition) is 1. The molecule has 0 heterocycles. The molecule has 6 heavy (non-hydrogen) atoms. The van der Waals surface area contributed by atoms with Crippen molar-refractivity contribution in [2.75, 3.05) is 0 Å². The normalized spacial score (nSPS) is 7.33. The minimum absolute atomic E-state index is 0. The van der Waals surface area contributed by atoms with Gasteiger partial charge in [-0.15, -0.1) is 0 Å². The van der Waals surface area contributed by atoms with E-state index in [-0.39, 0.29) is 32.7 Å². The van der Waals surface area contributed by atoms with Crippen molar-refractivity contribution < 1.29 is 37.7 Å². The van der Waals surface area contributed by atoms with Crippen LogP contribution in [0.3, 0.4) is 0 Å². The van der Waals surface area contributed by atoms with Crippen molar-refractivity contribution in [3.8, 4) is 0 Å². The molecule has 0 aromatic heterocycles. The zero-order chi connectivity index (χ0) is 4.28. The molecule has 0 spiro atoms. The van der Waals surface area contributed by atoms with Gasteiger partial charge in [-0.3, -0.25) is 0 Å². The predicted molar refractivity (Wildman–Crippen MR) is 22.6 cm³/mol. The summed E-state index contributed by atoms with van der Waals surface area (Å²) in [6.45, 7) is 3.67. The summed E-state index contributed by atoms with van der Waals surface area (Å²) in [7, 11) is 1.08. The van der Waals surface area contributed by atoms with E-state index >= 15 is 0 Å². The van der Waals surface area contributed by atoms with Gasteiger partial charge < -0.3 is 10.8 Å². The Kier molecular flexibility index (Phi) is 10.4. The van der Waals surface area contributed by atoms with Crippen molar-refractivity contribution in [1.82, 2.24) is 0 Å². The Labute approximate surface area is 64.7 Å². The minimum Gasteiger partial charge on any atom is -0.495 e. The van der Waals surface area contributed by atoms with Crippen molar-refractivity contribution in [2.45, 2.75) is 13.8 Å². The van der Waals surface area contributed by atoms with E-state index in [9.17, 15) is 0 Å². The van der Waals surface area contributed by atoms with Crippen LogP contribution in [0.25, 0.3) is 0 Å². The Morgan fingerprint density at radius 1 is 1.50 bits per heavy atom. The number of rotatable bonds is 1. The van der Waals surface area contributed by atoms with Crippen LogP contribution in [0.4, 0.5) is 0 Å². The molecule has 0 amide bonds. The average Bonchev–Trinajstić information content (AvgIpc) is 1.38. The van der Waals surface area contributed by atoms with Crippen LogP contribution in [0, 0.1) is 5.82 Å². The summed E-state index contributed by atoms with van der Waals surface area (Å²) < 4.78 is 0. The Morgan fingerprint density at radius 3 is 1.67 bits per heavy atom. The van der Waals surface area contributed by atoms with Crippen LogP contribution in [-0.4, -0.2) is 12.5 Å². The van der Waals surface area contributed by atoms with Gasteiger partial charge in [-0.05, 0) is 0 Å². The first-order valence-electron chi connectivity index (χ1n) is 1.55. The van der Waals surface area contributed by atoms with E-state index < -0.39 is 0 Å². The Hall–Kier alpha value is 1.13. The second-order valence-electron chi connectivity index (χ2n) is 1.21. The van der Waals surface area contributed by atoms with Crippen molar-refractivity contribution in [3.63, 3.8) is 0 Å². The van der Waals surface area contributed by atoms with Crippen LogP contribution < -0.4 is 0 Å². The zero-order valence-corrected chi connectivity index (χ0v) is 6.94. The molecular weight excluding hydrogens is 152 g/mol. The second-order valence-corrected chi connectivity index (χ2v) is 1.21. The largest absolute Gasteiger partial charge is 0.495 e. The van der Waals surface area contributed by atoms with Crippen LogP contribution in [0.2, 0.25) is 0 Å². The molecule has 0 unspecified atom stereocenters. The molecule has 0 aromatic carbocycles. The van der Waals surface area contributed by atoms with E-state index in [2.05, 4.69) is 0 Å². The van der Waals surface area contributed by atoms with E-state index in [4.69, 9.17) is 5.02 Å². The summed E-state index contributed by atoms with van der Waals surface area (Å²) in [6.07, 6.45) is 0. The maximum absolute atomic E-state index is 7.98. The molecule has 1 nitrogen and oxygen atoms in total. The van der Waals surface area contributed by atoms with Crippen molar-refractivity contribution in [3.05, 3.63) is 5.82 Å². The third-order valence-corrected chi connectivity index (χ3v) is 0.258. The Morgan fingerprint density at radius 2 is 1.67 bits per heavy atom. The van der Waals surface area contributed by atoms with Gasteiger partial charge in [0.2, 0.25) is 0 Å². The first kappa shape index (κ1) is 10.2. The molecule has 3 heteroatoms. The minimum atomic E-state index is 0. The predicted octanol–water partition coefficient (Wildman–Crippen LogP) is 0.167. The molecular formula is C3H7BOY-. The average molecular weight is 159 g/mol. The van der Waals surface area contributed by atoms with Gasteiger partial charge in [0.25, 0.3) is 0 Å². The molecule has 2 radical (unpaired) electrons. The summed E-state index contributed by atoms with van der Waals surface area (Å²) in [4.78, 5) is 0. The third kappa shape index (κ3) is 8.93. The molecule has 0 bridgehead atoms. The maximum atomic E-state index is 7.98. The zero-order valence-electron chi connectivity index (χ0n) is 4.10. The Balaban J connectivity index is 0. The summed E-state index contributed by atoms with van der Waals surface area (Å²) in [5.74, 6) is 0.935. The molecule has 0 aliphatic rings. The maximum Gasteiger partial charge on any atom is 0.0928 e.